The molecule has 2 aromatic rings. The fraction of sp³-hybridized carbons (Fsp3) is 0.357. The van der Waals surface area contributed by atoms with Crippen molar-refractivity contribution in [2.75, 3.05) is 0 Å². The Bertz CT molecular complexity index is 501. The van der Waals surface area contributed by atoms with Crippen molar-refractivity contribution in [1.82, 2.24) is 9.78 Å². The van der Waals surface area contributed by atoms with E-state index in [-0.39, 0.29) is 6.04 Å². The third-order valence-electron chi connectivity index (χ3n) is 3.48. The Morgan fingerprint density at radius 2 is 2.12 bits per heavy atom. The highest BCUT2D eigenvalue weighted by molar-refractivity contribution is 5.26. The molecule has 1 atom stereocenters. The van der Waals surface area contributed by atoms with Crippen molar-refractivity contribution in [1.29, 1.82) is 0 Å². The Morgan fingerprint density at radius 3 is 2.94 bits per heavy atom. The van der Waals surface area contributed by atoms with Crippen LogP contribution in [0.1, 0.15) is 35.7 Å². The van der Waals surface area contributed by atoms with Crippen LogP contribution >= 0.6 is 0 Å². The van der Waals surface area contributed by atoms with E-state index in [1.807, 2.05) is 12.3 Å². The smallest absolute Gasteiger partial charge is 0.0662 e. The zero-order valence-corrected chi connectivity index (χ0v) is 9.84. The van der Waals surface area contributed by atoms with Gasteiger partial charge in [-0.3, -0.25) is 4.68 Å². The van der Waals surface area contributed by atoms with Crippen molar-refractivity contribution < 1.29 is 0 Å². The highest BCUT2D eigenvalue weighted by Crippen LogP contribution is 2.27. The molecule has 2 N–H and O–H groups in total. The number of hydrogen-bond donors (Lipinski definition) is 1. The van der Waals surface area contributed by atoms with Gasteiger partial charge in [-0.05, 0) is 24.8 Å². The fourth-order valence-corrected chi connectivity index (χ4v) is 2.55. The molecule has 0 spiro atoms. The molecule has 1 aliphatic rings. The van der Waals surface area contributed by atoms with E-state index in [2.05, 4.69) is 34.0 Å². The van der Waals surface area contributed by atoms with E-state index in [0.717, 1.165) is 19.4 Å². The van der Waals surface area contributed by atoms with Gasteiger partial charge in [0.05, 0.1) is 12.7 Å². The molecule has 1 aliphatic carbocycles. The molecule has 0 fully saturated rings. The lowest BCUT2D eigenvalue weighted by atomic mass is 9.94. The Kier molecular flexibility index (Phi) is 2.69. The average molecular weight is 227 g/mol. The number of nitrogens with zero attached hydrogens (tertiary/aromatic N) is 2. The van der Waals surface area contributed by atoms with Crippen molar-refractivity contribution in [2.24, 2.45) is 5.73 Å². The van der Waals surface area contributed by atoms with E-state index in [1.54, 1.807) is 0 Å². The Labute approximate surface area is 101 Å². The van der Waals surface area contributed by atoms with Crippen LogP contribution < -0.4 is 5.73 Å². The van der Waals surface area contributed by atoms with Gasteiger partial charge in [0.2, 0.25) is 0 Å². The van der Waals surface area contributed by atoms with Crippen LogP contribution in [0.25, 0.3) is 0 Å². The molecule has 0 saturated heterocycles. The Hall–Kier alpha value is -1.61. The maximum atomic E-state index is 6.10. The van der Waals surface area contributed by atoms with Crippen LogP contribution in [0, 0.1) is 0 Å². The number of rotatable bonds is 2. The van der Waals surface area contributed by atoms with Crippen molar-refractivity contribution >= 4 is 0 Å². The van der Waals surface area contributed by atoms with Gasteiger partial charge in [0, 0.05) is 17.3 Å². The van der Waals surface area contributed by atoms with Crippen LogP contribution in [0.5, 0.6) is 0 Å². The predicted octanol–water partition coefficient (Wildman–Crippen LogP) is 2.27. The lowest BCUT2D eigenvalue weighted by molar-refractivity contribution is 0.537. The first-order chi connectivity index (χ1) is 8.34. The minimum absolute atomic E-state index is 0.184. The summed E-state index contributed by atoms with van der Waals surface area (Å²) < 4.78 is 2.10. The number of fused-ring (bicyclic) bond motifs is 1. The number of nitrogens with two attached hydrogens (primary N) is 1. The van der Waals surface area contributed by atoms with Gasteiger partial charge in [-0.25, -0.2) is 0 Å². The standard InChI is InChI=1S/C14H17N3/c15-13-7-4-8-14-12(13)9-16-17(14)10-11-5-2-1-3-6-11/h1-3,5-6,9,13H,4,7-8,10,15H2. The lowest BCUT2D eigenvalue weighted by Gasteiger charge is -2.19. The summed E-state index contributed by atoms with van der Waals surface area (Å²) in [6.45, 7) is 0.850. The summed E-state index contributed by atoms with van der Waals surface area (Å²) >= 11 is 0. The minimum Gasteiger partial charge on any atom is -0.324 e. The summed E-state index contributed by atoms with van der Waals surface area (Å²) in [5.74, 6) is 0. The first kappa shape index (κ1) is 10.5. The summed E-state index contributed by atoms with van der Waals surface area (Å²) in [5, 5.41) is 4.48. The maximum Gasteiger partial charge on any atom is 0.0662 e. The topological polar surface area (TPSA) is 43.8 Å². The molecule has 88 valence electrons. The van der Waals surface area contributed by atoms with Gasteiger partial charge in [0.25, 0.3) is 0 Å². The zero-order valence-electron chi connectivity index (χ0n) is 9.84. The summed E-state index contributed by atoms with van der Waals surface area (Å²) in [5.41, 5.74) is 9.96. The predicted molar refractivity (Wildman–Crippen MR) is 67.6 cm³/mol. The molecular formula is C14H17N3. The van der Waals surface area contributed by atoms with E-state index in [4.69, 9.17) is 5.73 Å². The van der Waals surface area contributed by atoms with Gasteiger partial charge < -0.3 is 5.73 Å². The number of aromatic nitrogens is 2. The molecule has 0 aliphatic heterocycles. The molecule has 3 heteroatoms. The molecule has 1 aromatic heterocycles. The molecule has 1 unspecified atom stereocenters. The summed E-state index contributed by atoms with van der Waals surface area (Å²) in [7, 11) is 0. The van der Waals surface area contributed by atoms with E-state index < -0.39 is 0 Å². The maximum absolute atomic E-state index is 6.10. The average Bonchev–Trinajstić information content (AvgIpc) is 2.76. The van der Waals surface area contributed by atoms with E-state index >= 15 is 0 Å². The lowest BCUT2D eigenvalue weighted by Crippen LogP contribution is -2.18. The van der Waals surface area contributed by atoms with Crippen LogP contribution in [-0.2, 0) is 13.0 Å². The monoisotopic (exact) mass is 227 g/mol. The molecule has 0 saturated carbocycles. The Morgan fingerprint density at radius 1 is 1.29 bits per heavy atom. The minimum atomic E-state index is 0.184. The normalized spacial score (nSPS) is 19.0. The van der Waals surface area contributed by atoms with Crippen molar-refractivity contribution in [3.8, 4) is 0 Å². The van der Waals surface area contributed by atoms with Crippen molar-refractivity contribution in [3.05, 3.63) is 53.3 Å². The quantitative estimate of drug-likeness (QED) is 0.855. The molecule has 0 bridgehead atoms. The van der Waals surface area contributed by atoms with E-state index in [1.165, 1.54) is 23.2 Å². The van der Waals surface area contributed by atoms with Crippen LogP contribution in [0.15, 0.2) is 36.5 Å². The van der Waals surface area contributed by atoms with Gasteiger partial charge in [-0.15, -0.1) is 0 Å². The molecule has 0 radical (unpaired) electrons. The second-order valence-corrected chi connectivity index (χ2v) is 4.69. The molecule has 3 rings (SSSR count). The summed E-state index contributed by atoms with van der Waals surface area (Å²) in [6, 6.07) is 10.6. The first-order valence-electron chi connectivity index (χ1n) is 6.18. The van der Waals surface area contributed by atoms with Crippen LogP contribution in [-0.4, -0.2) is 9.78 Å². The van der Waals surface area contributed by atoms with Gasteiger partial charge in [0.15, 0.2) is 0 Å². The van der Waals surface area contributed by atoms with Gasteiger partial charge >= 0.3 is 0 Å². The van der Waals surface area contributed by atoms with Crippen molar-refractivity contribution in [3.63, 3.8) is 0 Å². The Balaban J connectivity index is 1.90. The largest absolute Gasteiger partial charge is 0.324 e. The van der Waals surface area contributed by atoms with Gasteiger partial charge in [0.1, 0.15) is 0 Å². The van der Waals surface area contributed by atoms with Gasteiger partial charge in [-0.2, -0.15) is 5.10 Å². The fourth-order valence-electron chi connectivity index (χ4n) is 2.55. The molecule has 17 heavy (non-hydrogen) atoms. The number of benzene rings is 1. The first-order valence-corrected chi connectivity index (χ1v) is 6.18. The molecule has 1 heterocycles. The summed E-state index contributed by atoms with van der Waals surface area (Å²) in [4.78, 5) is 0. The second-order valence-electron chi connectivity index (χ2n) is 4.69. The van der Waals surface area contributed by atoms with E-state index in [0.29, 0.717) is 0 Å². The molecule has 1 aromatic carbocycles. The highest BCUT2D eigenvalue weighted by Gasteiger charge is 2.21. The third kappa shape index (κ3) is 1.98. The van der Waals surface area contributed by atoms with Gasteiger partial charge in [-0.1, -0.05) is 30.3 Å². The van der Waals surface area contributed by atoms with Crippen LogP contribution in [0.4, 0.5) is 0 Å². The van der Waals surface area contributed by atoms with Crippen molar-refractivity contribution in [2.45, 2.75) is 31.8 Å². The zero-order chi connectivity index (χ0) is 11.7. The highest BCUT2D eigenvalue weighted by atomic mass is 15.3. The second kappa shape index (κ2) is 4.34. The van der Waals surface area contributed by atoms with Crippen LogP contribution in [0.3, 0.4) is 0 Å². The third-order valence-corrected chi connectivity index (χ3v) is 3.48. The molecule has 3 nitrogen and oxygen atoms in total. The summed E-state index contributed by atoms with van der Waals surface area (Å²) in [6.07, 6.45) is 5.32. The molecular weight excluding hydrogens is 210 g/mol. The molecule has 0 amide bonds. The number of hydrogen-bond acceptors (Lipinski definition) is 2. The van der Waals surface area contributed by atoms with E-state index in [9.17, 15) is 0 Å². The van der Waals surface area contributed by atoms with Crippen LogP contribution in [0.2, 0.25) is 0 Å². The SMILES string of the molecule is NC1CCCc2c1cnn2Cc1ccccc1.